The Kier molecular flexibility index (Phi) is 6.66. The van der Waals surface area contributed by atoms with Gasteiger partial charge in [0, 0.05) is 29.7 Å². The van der Waals surface area contributed by atoms with Crippen LogP contribution in [0, 0.1) is 0 Å². The first-order chi connectivity index (χ1) is 17.2. The fourth-order valence-corrected chi connectivity index (χ4v) is 3.73. The number of carbonyl (C=O) groups excluding carboxylic acids is 1. The van der Waals surface area contributed by atoms with E-state index in [1.165, 1.54) is 0 Å². The van der Waals surface area contributed by atoms with Crippen molar-refractivity contribution in [2.75, 3.05) is 5.32 Å². The van der Waals surface area contributed by atoms with Gasteiger partial charge < -0.3 is 19.4 Å². The highest BCUT2D eigenvalue weighted by Gasteiger charge is 2.15. The van der Waals surface area contributed by atoms with Crippen molar-refractivity contribution < 1.29 is 14.3 Å². The predicted molar refractivity (Wildman–Crippen MR) is 134 cm³/mol. The molecule has 0 saturated heterocycles. The van der Waals surface area contributed by atoms with Crippen molar-refractivity contribution in [1.29, 1.82) is 0 Å². The van der Waals surface area contributed by atoms with E-state index in [-0.39, 0.29) is 19.1 Å². The minimum Gasteiger partial charge on any atom is -0.489 e. The first-order valence-corrected chi connectivity index (χ1v) is 11.3. The number of ether oxygens (including phenoxy) is 2. The Morgan fingerprint density at radius 3 is 2.49 bits per heavy atom. The van der Waals surface area contributed by atoms with Crippen LogP contribution >= 0.6 is 0 Å². The van der Waals surface area contributed by atoms with Crippen LogP contribution in [-0.4, -0.2) is 20.4 Å². The number of hydrogen-bond acceptors (Lipinski definition) is 5. The molecule has 1 N–H and O–H groups in total. The van der Waals surface area contributed by atoms with Gasteiger partial charge in [0.25, 0.3) is 0 Å². The molecule has 3 aromatic carbocycles. The fourth-order valence-electron chi connectivity index (χ4n) is 3.73. The molecule has 0 radical (unpaired) electrons. The second kappa shape index (κ2) is 10.5. The van der Waals surface area contributed by atoms with E-state index in [0.717, 1.165) is 22.3 Å². The molecule has 5 aromatic rings. The van der Waals surface area contributed by atoms with Crippen LogP contribution in [0.5, 0.6) is 11.5 Å². The number of amides is 1. The van der Waals surface area contributed by atoms with Crippen LogP contribution < -0.4 is 14.8 Å². The minimum absolute atomic E-state index is 0.106. The van der Waals surface area contributed by atoms with E-state index in [9.17, 15) is 4.79 Å². The molecule has 7 nitrogen and oxygen atoms in total. The summed E-state index contributed by atoms with van der Waals surface area (Å²) < 4.78 is 13.6. The van der Waals surface area contributed by atoms with E-state index in [0.29, 0.717) is 23.9 Å². The molecule has 0 saturated carbocycles. The summed E-state index contributed by atoms with van der Waals surface area (Å²) >= 11 is 0. The maximum atomic E-state index is 13.0. The van der Waals surface area contributed by atoms with Gasteiger partial charge in [-0.3, -0.25) is 9.78 Å². The lowest BCUT2D eigenvalue weighted by Gasteiger charge is -2.12. The summed E-state index contributed by atoms with van der Waals surface area (Å²) in [6.07, 6.45) is 3.49. The van der Waals surface area contributed by atoms with E-state index in [1.807, 2.05) is 89.5 Å². The SMILES string of the molecule is O=C(Cn1c(COc2ccccc2)nc2ccccc21)Nc1cccc(OCc2cccnc2)c1. The lowest BCUT2D eigenvalue weighted by molar-refractivity contribution is -0.116. The van der Waals surface area contributed by atoms with Gasteiger partial charge in [-0.25, -0.2) is 4.98 Å². The molecule has 2 aromatic heterocycles. The maximum Gasteiger partial charge on any atom is 0.244 e. The summed E-state index contributed by atoms with van der Waals surface area (Å²) in [5.74, 6) is 1.92. The van der Waals surface area contributed by atoms with Gasteiger partial charge in [-0.15, -0.1) is 0 Å². The third-order valence-electron chi connectivity index (χ3n) is 5.39. The number of fused-ring (bicyclic) bond motifs is 1. The second-order valence-corrected chi connectivity index (χ2v) is 7.93. The van der Waals surface area contributed by atoms with Gasteiger partial charge in [-0.1, -0.05) is 42.5 Å². The molecule has 0 aliphatic carbocycles. The summed E-state index contributed by atoms with van der Waals surface area (Å²) in [6, 6.07) is 28.5. The summed E-state index contributed by atoms with van der Waals surface area (Å²) in [5.41, 5.74) is 3.32. The minimum atomic E-state index is -0.168. The summed E-state index contributed by atoms with van der Waals surface area (Å²) in [5, 5.41) is 2.96. The molecule has 0 bridgehead atoms. The van der Waals surface area contributed by atoms with Crippen molar-refractivity contribution in [1.82, 2.24) is 14.5 Å². The predicted octanol–water partition coefficient (Wildman–Crippen LogP) is 5.23. The normalized spacial score (nSPS) is 10.7. The van der Waals surface area contributed by atoms with Crippen molar-refractivity contribution >= 4 is 22.6 Å². The number of aromatic nitrogens is 3. The third kappa shape index (κ3) is 5.65. The summed E-state index contributed by atoms with van der Waals surface area (Å²) in [4.78, 5) is 21.8. The molecular weight excluding hydrogens is 440 g/mol. The fraction of sp³-hybridized carbons (Fsp3) is 0.107. The van der Waals surface area contributed by atoms with Crippen LogP contribution in [0.3, 0.4) is 0 Å². The number of carbonyl (C=O) groups is 1. The number of imidazole rings is 1. The molecule has 7 heteroatoms. The van der Waals surface area contributed by atoms with Crippen molar-refractivity contribution in [3.05, 3.63) is 115 Å². The molecule has 174 valence electrons. The molecule has 5 rings (SSSR count). The number of nitrogens with one attached hydrogen (secondary N) is 1. The smallest absolute Gasteiger partial charge is 0.244 e. The molecule has 1 amide bonds. The van der Waals surface area contributed by atoms with E-state index < -0.39 is 0 Å². The van der Waals surface area contributed by atoms with E-state index in [2.05, 4.69) is 15.3 Å². The molecule has 0 aliphatic heterocycles. The number of benzene rings is 3. The molecule has 0 atom stereocenters. The first kappa shape index (κ1) is 22.2. The Hall–Kier alpha value is -4.65. The maximum absolute atomic E-state index is 13.0. The monoisotopic (exact) mass is 464 g/mol. The van der Waals surface area contributed by atoms with Crippen LogP contribution in [0.2, 0.25) is 0 Å². The zero-order valence-corrected chi connectivity index (χ0v) is 19.0. The second-order valence-electron chi connectivity index (χ2n) is 7.93. The Bertz CT molecular complexity index is 1420. The average molecular weight is 465 g/mol. The van der Waals surface area contributed by atoms with E-state index >= 15 is 0 Å². The molecule has 0 spiro atoms. The van der Waals surface area contributed by atoms with Gasteiger partial charge in [0.1, 0.15) is 37.1 Å². The molecule has 0 unspecified atom stereocenters. The van der Waals surface area contributed by atoms with Crippen LogP contribution in [0.4, 0.5) is 5.69 Å². The third-order valence-corrected chi connectivity index (χ3v) is 5.39. The van der Waals surface area contributed by atoms with Crippen LogP contribution in [0.1, 0.15) is 11.4 Å². The number of pyridine rings is 1. The first-order valence-electron chi connectivity index (χ1n) is 11.3. The number of rotatable bonds is 9. The van der Waals surface area contributed by atoms with Gasteiger partial charge in [-0.2, -0.15) is 0 Å². The quantitative estimate of drug-likeness (QED) is 0.323. The lowest BCUT2D eigenvalue weighted by Crippen LogP contribution is -2.20. The Morgan fingerprint density at radius 1 is 0.829 bits per heavy atom. The van der Waals surface area contributed by atoms with Crippen molar-refractivity contribution in [2.45, 2.75) is 19.8 Å². The van der Waals surface area contributed by atoms with Gasteiger partial charge in [-0.05, 0) is 42.5 Å². The van der Waals surface area contributed by atoms with Crippen molar-refractivity contribution in [3.8, 4) is 11.5 Å². The molecule has 35 heavy (non-hydrogen) atoms. The topological polar surface area (TPSA) is 78.3 Å². The Morgan fingerprint density at radius 2 is 1.63 bits per heavy atom. The summed E-state index contributed by atoms with van der Waals surface area (Å²) in [7, 11) is 0. The van der Waals surface area contributed by atoms with E-state index in [4.69, 9.17) is 9.47 Å². The molecular formula is C28H24N4O3. The van der Waals surface area contributed by atoms with E-state index in [1.54, 1.807) is 18.5 Å². The zero-order valence-electron chi connectivity index (χ0n) is 19.0. The van der Waals surface area contributed by atoms with Crippen molar-refractivity contribution in [3.63, 3.8) is 0 Å². The number of hydrogen-bond donors (Lipinski definition) is 1. The van der Waals surface area contributed by atoms with Gasteiger partial charge >= 0.3 is 0 Å². The zero-order chi connectivity index (χ0) is 23.9. The number of anilines is 1. The highest BCUT2D eigenvalue weighted by atomic mass is 16.5. The summed E-state index contributed by atoms with van der Waals surface area (Å²) in [6.45, 7) is 0.759. The van der Waals surface area contributed by atoms with Crippen molar-refractivity contribution in [2.24, 2.45) is 0 Å². The molecule has 0 aliphatic rings. The molecule has 2 heterocycles. The Balaban J connectivity index is 1.28. The van der Waals surface area contributed by atoms with Gasteiger partial charge in [0.2, 0.25) is 5.91 Å². The highest BCUT2D eigenvalue weighted by molar-refractivity contribution is 5.92. The number of para-hydroxylation sites is 3. The van der Waals surface area contributed by atoms with Gasteiger partial charge in [0.15, 0.2) is 0 Å². The average Bonchev–Trinajstić information content (AvgIpc) is 3.25. The highest BCUT2D eigenvalue weighted by Crippen LogP contribution is 2.21. The largest absolute Gasteiger partial charge is 0.489 e. The molecule has 0 fully saturated rings. The lowest BCUT2D eigenvalue weighted by atomic mass is 10.3. The van der Waals surface area contributed by atoms with Crippen LogP contribution in [-0.2, 0) is 24.6 Å². The number of nitrogens with zero attached hydrogens (tertiary/aromatic N) is 3. The van der Waals surface area contributed by atoms with Crippen LogP contribution in [0.25, 0.3) is 11.0 Å². The van der Waals surface area contributed by atoms with Crippen LogP contribution in [0.15, 0.2) is 103 Å². The standard InChI is InChI=1S/C28H24N4O3/c33-28(30-22-9-6-12-24(16-22)34-19-21-8-7-15-29-17-21)18-32-26-14-5-4-13-25(26)31-27(32)20-35-23-10-2-1-3-11-23/h1-17H,18-20H2,(H,30,33). The van der Waals surface area contributed by atoms with Gasteiger partial charge in [0.05, 0.1) is 11.0 Å². The Labute approximate surface area is 203 Å².